The summed E-state index contributed by atoms with van der Waals surface area (Å²) in [6, 6.07) is 0. The van der Waals surface area contributed by atoms with Crippen LogP contribution < -0.4 is 0 Å². The molecule has 2 saturated carbocycles. The molecular formula is C12H22F2O2. The van der Waals surface area contributed by atoms with Gasteiger partial charge in [0.2, 0.25) is 0 Å². The van der Waals surface area contributed by atoms with Crippen LogP contribution in [0.1, 0.15) is 51.4 Å². The average molecular weight is 236 g/mol. The molecule has 96 valence electrons. The van der Waals surface area contributed by atoms with Crippen LogP contribution in [0.5, 0.6) is 0 Å². The van der Waals surface area contributed by atoms with Gasteiger partial charge in [-0.05, 0) is 25.7 Å². The molecule has 0 saturated heterocycles. The van der Waals surface area contributed by atoms with Gasteiger partial charge in [-0.2, -0.15) is 0 Å². The molecule has 2 rings (SSSR count). The second kappa shape index (κ2) is 7.17. The molecule has 2 aliphatic rings. The minimum absolute atomic E-state index is 0.557. The van der Waals surface area contributed by atoms with Crippen molar-refractivity contribution in [2.24, 2.45) is 0 Å². The van der Waals surface area contributed by atoms with E-state index in [1.54, 1.807) is 0 Å². The van der Waals surface area contributed by atoms with E-state index in [2.05, 4.69) is 0 Å². The van der Waals surface area contributed by atoms with Gasteiger partial charge in [0.1, 0.15) is 12.3 Å². The van der Waals surface area contributed by atoms with Crippen LogP contribution in [0.3, 0.4) is 0 Å². The molecule has 2 fully saturated rings. The largest absolute Gasteiger partial charge is 0.390 e. The van der Waals surface area contributed by atoms with Crippen molar-refractivity contribution < 1.29 is 19.0 Å². The van der Waals surface area contributed by atoms with Gasteiger partial charge in [0, 0.05) is 0 Å². The Kier molecular flexibility index (Phi) is 6.21. The Morgan fingerprint density at radius 1 is 0.625 bits per heavy atom. The van der Waals surface area contributed by atoms with E-state index in [0.29, 0.717) is 25.7 Å². The second-order valence-electron chi connectivity index (χ2n) is 4.74. The van der Waals surface area contributed by atoms with Crippen molar-refractivity contribution >= 4 is 0 Å². The van der Waals surface area contributed by atoms with Crippen molar-refractivity contribution in [3.63, 3.8) is 0 Å². The van der Waals surface area contributed by atoms with E-state index in [0.717, 1.165) is 25.7 Å². The van der Waals surface area contributed by atoms with Crippen molar-refractivity contribution in [2.75, 3.05) is 0 Å². The summed E-state index contributed by atoms with van der Waals surface area (Å²) in [5.74, 6) is 0. The maximum atomic E-state index is 12.3. The number of hydrogen-bond acceptors (Lipinski definition) is 2. The van der Waals surface area contributed by atoms with Gasteiger partial charge < -0.3 is 10.2 Å². The van der Waals surface area contributed by atoms with E-state index >= 15 is 0 Å². The molecule has 0 radical (unpaired) electrons. The van der Waals surface area contributed by atoms with Crippen LogP contribution in [0, 0.1) is 0 Å². The molecular weight excluding hydrogens is 214 g/mol. The summed E-state index contributed by atoms with van der Waals surface area (Å²) in [4.78, 5) is 0. The lowest BCUT2D eigenvalue weighted by atomic mass is 9.96. The highest BCUT2D eigenvalue weighted by Gasteiger charge is 2.21. The Morgan fingerprint density at radius 2 is 0.938 bits per heavy atom. The van der Waals surface area contributed by atoms with Gasteiger partial charge in [0.15, 0.2) is 0 Å². The molecule has 4 heteroatoms. The number of rotatable bonds is 0. The van der Waals surface area contributed by atoms with Crippen LogP contribution in [0.4, 0.5) is 8.78 Å². The van der Waals surface area contributed by atoms with Gasteiger partial charge in [-0.1, -0.05) is 25.7 Å². The topological polar surface area (TPSA) is 40.5 Å². The number of aliphatic hydroxyl groups is 2. The molecule has 0 aromatic carbocycles. The first-order chi connectivity index (χ1) is 7.61. The Morgan fingerprint density at radius 3 is 1.12 bits per heavy atom. The number of halogens is 2. The van der Waals surface area contributed by atoms with Crippen LogP contribution >= 0.6 is 0 Å². The fourth-order valence-corrected chi connectivity index (χ4v) is 2.13. The maximum Gasteiger partial charge on any atom is 0.126 e. The van der Waals surface area contributed by atoms with Gasteiger partial charge >= 0.3 is 0 Å². The molecule has 4 atom stereocenters. The molecule has 2 nitrogen and oxygen atoms in total. The summed E-state index contributed by atoms with van der Waals surface area (Å²) in [6.07, 6.45) is 3.07. The number of aliphatic hydroxyl groups excluding tert-OH is 2. The van der Waals surface area contributed by atoms with Gasteiger partial charge in [-0.3, -0.25) is 0 Å². The predicted octanol–water partition coefficient (Wildman–Crippen LogP) is 2.52. The van der Waals surface area contributed by atoms with Crippen LogP contribution in [0.15, 0.2) is 0 Å². The lowest BCUT2D eigenvalue weighted by Crippen LogP contribution is -2.25. The average Bonchev–Trinajstić information content (AvgIpc) is 2.28. The summed E-state index contributed by atoms with van der Waals surface area (Å²) in [7, 11) is 0. The number of hydrogen-bond donors (Lipinski definition) is 2. The molecule has 2 N–H and O–H groups in total. The first-order valence-electron chi connectivity index (χ1n) is 6.25. The van der Waals surface area contributed by atoms with E-state index in [1.165, 1.54) is 0 Å². The van der Waals surface area contributed by atoms with Gasteiger partial charge in [-0.15, -0.1) is 0 Å². The quantitative estimate of drug-likeness (QED) is 0.678. The van der Waals surface area contributed by atoms with Crippen molar-refractivity contribution in [1.29, 1.82) is 0 Å². The van der Waals surface area contributed by atoms with Crippen molar-refractivity contribution in [3.05, 3.63) is 0 Å². The Hall–Kier alpha value is -0.220. The monoisotopic (exact) mass is 236 g/mol. The molecule has 0 amide bonds. The molecule has 0 aromatic rings. The fraction of sp³-hybridized carbons (Fsp3) is 1.00. The molecule has 0 aromatic heterocycles. The Bertz CT molecular complexity index is 150. The lowest BCUT2D eigenvalue weighted by molar-refractivity contribution is 0.0441. The fourth-order valence-electron chi connectivity index (χ4n) is 2.13. The summed E-state index contributed by atoms with van der Waals surface area (Å²) in [6.45, 7) is 0. The minimum Gasteiger partial charge on any atom is -0.390 e. The molecule has 0 spiro atoms. The summed E-state index contributed by atoms with van der Waals surface area (Å²) < 4.78 is 24.7. The SMILES string of the molecule is O[C@@H]1CCCC[C@H]1F.O[C@H]1CCCC[C@@H]1F. The summed E-state index contributed by atoms with van der Waals surface area (Å²) >= 11 is 0. The van der Waals surface area contributed by atoms with E-state index in [1.807, 2.05) is 0 Å². The molecule has 16 heavy (non-hydrogen) atoms. The van der Waals surface area contributed by atoms with E-state index < -0.39 is 24.6 Å². The third kappa shape index (κ3) is 4.74. The number of alkyl halides is 2. The van der Waals surface area contributed by atoms with Crippen molar-refractivity contribution in [3.8, 4) is 0 Å². The zero-order valence-corrected chi connectivity index (χ0v) is 9.62. The van der Waals surface area contributed by atoms with Crippen LogP contribution in [0.2, 0.25) is 0 Å². The first-order valence-corrected chi connectivity index (χ1v) is 6.25. The van der Waals surface area contributed by atoms with Crippen LogP contribution in [-0.4, -0.2) is 34.8 Å². The van der Waals surface area contributed by atoms with E-state index in [4.69, 9.17) is 10.2 Å². The molecule has 0 heterocycles. The smallest absolute Gasteiger partial charge is 0.126 e. The summed E-state index contributed by atoms with van der Waals surface area (Å²) in [5.41, 5.74) is 0. The van der Waals surface area contributed by atoms with E-state index in [9.17, 15) is 8.78 Å². The molecule has 0 bridgehead atoms. The zero-order chi connectivity index (χ0) is 12.0. The normalized spacial score (nSPS) is 39.8. The highest BCUT2D eigenvalue weighted by molar-refractivity contribution is 4.73. The third-order valence-corrected chi connectivity index (χ3v) is 3.29. The maximum absolute atomic E-state index is 12.3. The highest BCUT2D eigenvalue weighted by atomic mass is 19.1. The third-order valence-electron chi connectivity index (χ3n) is 3.29. The lowest BCUT2D eigenvalue weighted by Gasteiger charge is -2.20. The van der Waals surface area contributed by atoms with Gasteiger partial charge in [-0.25, -0.2) is 8.78 Å². The van der Waals surface area contributed by atoms with Crippen molar-refractivity contribution in [1.82, 2.24) is 0 Å². The molecule has 2 aliphatic carbocycles. The van der Waals surface area contributed by atoms with Gasteiger partial charge in [0.25, 0.3) is 0 Å². The summed E-state index contributed by atoms with van der Waals surface area (Å²) in [5, 5.41) is 17.6. The van der Waals surface area contributed by atoms with Crippen LogP contribution in [-0.2, 0) is 0 Å². The van der Waals surface area contributed by atoms with E-state index in [-0.39, 0.29) is 0 Å². The standard InChI is InChI=1S/2C6H11FO/c2*7-5-3-1-2-4-6(5)8/h2*5-6,8H,1-4H2/t2*5-,6-/m10/s1. The zero-order valence-electron chi connectivity index (χ0n) is 9.62. The minimum atomic E-state index is -0.941. The Labute approximate surface area is 95.7 Å². The predicted molar refractivity (Wildman–Crippen MR) is 58.7 cm³/mol. The van der Waals surface area contributed by atoms with Gasteiger partial charge in [0.05, 0.1) is 12.2 Å². The molecule has 0 unspecified atom stereocenters. The van der Waals surface area contributed by atoms with Crippen LogP contribution in [0.25, 0.3) is 0 Å². The highest BCUT2D eigenvalue weighted by Crippen LogP contribution is 2.21. The van der Waals surface area contributed by atoms with Crippen molar-refractivity contribution in [2.45, 2.75) is 75.9 Å². The second-order valence-corrected chi connectivity index (χ2v) is 4.74. The molecule has 0 aliphatic heterocycles. The first kappa shape index (κ1) is 13.8. The Balaban J connectivity index is 0.000000160.